The van der Waals surface area contributed by atoms with Crippen LogP contribution >= 0.6 is 11.6 Å². The van der Waals surface area contributed by atoms with Gasteiger partial charge in [0.05, 0.1) is 18.2 Å². The first-order valence-electron chi connectivity index (χ1n) is 20.2. The van der Waals surface area contributed by atoms with Crippen LogP contribution in [0.5, 0.6) is 0 Å². The standard InChI is InChI=1S/C48H50ClFN2O4/c1-44-21-18-34(53)27-46(44)24-25-48(37(28-46)40(54)26-36-38(49)16-9-17-39(36)50)41(44)19-22-45(2)42(48)20-23-47(45,56)30-52(43(55)51-33-13-4-3-5-14-33)29-32-12-8-11-31-10-6-7-15-35(31)32/h3-17,24-25,28,34,41-42,53,56H,18-23,26-27,29-30H2,1-2H3,(H,51,55). The van der Waals surface area contributed by atoms with Crippen molar-refractivity contribution in [3.63, 3.8) is 0 Å². The normalized spacial score (nSPS) is 34.0. The second kappa shape index (κ2) is 13.4. The van der Waals surface area contributed by atoms with Crippen molar-refractivity contribution in [3.8, 4) is 0 Å². The highest BCUT2D eigenvalue weighted by Gasteiger charge is 2.74. The summed E-state index contributed by atoms with van der Waals surface area (Å²) in [6, 6.07) is 27.9. The molecule has 2 spiro atoms. The van der Waals surface area contributed by atoms with Gasteiger partial charge in [-0.25, -0.2) is 9.18 Å². The van der Waals surface area contributed by atoms with E-state index in [-0.39, 0.29) is 52.6 Å². The maximum atomic E-state index is 15.2. The smallest absolute Gasteiger partial charge is 0.322 e. The van der Waals surface area contributed by atoms with Gasteiger partial charge in [-0.05, 0) is 103 Å². The second-order valence-corrected chi connectivity index (χ2v) is 18.3. The van der Waals surface area contributed by atoms with E-state index in [9.17, 15) is 19.8 Å². The Hall–Kier alpha value is -4.30. The number of amides is 2. The summed E-state index contributed by atoms with van der Waals surface area (Å²) >= 11 is 6.51. The number of Topliss-reactive ketones (excluding diaryl/α,β-unsaturated/α-hetero) is 1. The van der Waals surface area contributed by atoms with Crippen LogP contribution in [-0.4, -0.2) is 45.2 Å². The molecule has 6 aliphatic rings. The largest absolute Gasteiger partial charge is 0.393 e. The van der Waals surface area contributed by atoms with Gasteiger partial charge in [0.25, 0.3) is 0 Å². The Labute approximate surface area is 333 Å². The molecule has 0 saturated heterocycles. The van der Waals surface area contributed by atoms with E-state index in [1.165, 1.54) is 6.07 Å². The SMILES string of the molecule is CC12CCC(O)CC13C=CC1(C(C(=O)Cc4c(F)cccc4Cl)=C3)C2CCC2(C)C1CCC2(O)CN(Cc1cccc2ccccc12)C(=O)Nc1ccccc1. The number of aliphatic hydroxyl groups excluding tert-OH is 1. The molecular formula is C48H50ClFN2O4. The van der Waals surface area contributed by atoms with Gasteiger partial charge in [-0.15, -0.1) is 0 Å². The van der Waals surface area contributed by atoms with Gasteiger partial charge in [0.2, 0.25) is 0 Å². The van der Waals surface area contributed by atoms with E-state index in [1.54, 1.807) is 17.0 Å². The monoisotopic (exact) mass is 772 g/mol. The van der Waals surface area contributed by atoms with E-state index >= 15 is 4.39 Å². The summed E-state index contributed by atoms with van der Waals surface area (Å²) in [6.07, 6.45) is 10.7. The van der Waals surface area contributed by atoms with Gasteiger partial charge >= 0.3 is 6.03 Å². The van der Waals surface area contributed by atoms with Crippen LogP contribution < -0.4 is 5.32 Å². The van der Waals surface area contributed by atoms with E-state index in [0.717, 1.165) is 35.6 Å². The van der Waals surface area contributed by atoms with Crippen LogP contribution in [0, 0.1) is 39.3 Å². The lowest BCUT2D eigenvalue weighted by Crippen LogP contribution is -2.67. The minimum absolute atomic E-state index is 0.0844. The molecule has 8 heteroatoms. The quantitative estimate of drug-likeness (QED) is 0.156. The van der Waals surface area contributed by atoms with Crippen molar-refractivity contribution in [3.05, 3.63) is 137 Å². The van der Waals surface area contributed by atoms with Crippen LogP contribution in [0.3, 0.4) is 0 Å². The lowest BCUT2D eigenvalue weighted by molar-refractivity contribution is -0.177. The summed E-state index contributed by atoms with van der Waals surface area (Å²) in [5.41, 5.74) is -0.842. The molecule has 3 fully saturated rings. The molecule has 0 aliphatic heterocycles. The Balaban J connectivity index is 1.11. The molecule has 4 aromatic carbocycles. The molecule has 56 heavy (non-hydrogen) atoms. The van der Waals surface area contributed by atoms with Crippen LogP contribution in [0.4, 0.5) is 14.9 Å². The summed E-state index contributed by atoms with van der Waals surface area (Å²) in [7, 11) is 0. The number of hydrogen-bond donors (Lipinski definition) is 3. The number of para-hydroxylation sites is 1. The van der Waals surface area contributed by atoms with Gasteiger partial charge in [-0.3, -0.25) is 4.79 Å². The van der Waals surface area contributed by atoms with Gasteiger partial charge in [0, 0.05) is 51.1 Å². The maximum absolute atomic E-state index is 15.2. The number of allylic oxidation sites excluding steroid dienone is 4. The topological polar surface area (TPSA) is 89.9 Å². The third kappa shape index (κ3) is 5.48. The minimum Gasteiger partial charge on any atom is -0.393 e. The molecule has 3 saturated carbocycles. The highest BCUT2D eigenvalue weighted by Crippen LogP contribution is 2.78. The van der Waals surface area contributed by atoms with Crippen LogP contribution in [0.25, 0.3) is 10.8 Å². The highest BCUT2D eigenvalue weighted by molar-refractivity contribution is 6.31. The first kappa shape index (κ1) is 37.3. The number of nitrogens with zero attached hydrogens (tertiary/aromatic N) is 1. The number of ketones is 1. The van der Waals surface area contributed by atoms with Crippen molar-refractivity contribution in [2.45, 2.75) is 83.5 Å². The Morgan fingerprint density at radius 1 is 0.857 bits per heavy atom. The fraction of sp³-hybridized carbons (Fsp3) is 0.417. The lowest BCUT2D eigenvalue weighted by Gasteiger charge is -2.71. The number of halogens is 2. The number of hydrogen-bond acceptors (Lipinski definition) is 4. The Morgan fingerprint density at radius 3 is 2.36 bits per heavy atom. The molecule has 0 heterocycles. The first-order chi connectivity index (χ1) is 26.8. The number of anilines is 1. The molecule has 6 aliphatic carbocycles. The Bertz CT molecular complexity index is 2270. The van der Waals surface area contributed by atoms with Gasteiger partial charge in [0.15, 0.2) is 5.78 Å². The number of benzene rings is 4. The highest BCUT2D eigenvalue weighted by atomic mass is 35.5. The van der Waals surface area contributed by atoms with Gasteiger partial charge < -0.3 is 20.4 Å². The fourth-order valence-electron chi connectivity index (χ4n) is 12.5. The molecule has 3 N–H and O–H groups in total. The molecule has 8 unspecified atom stereocenters. The van der Waals surface area contributed by atoms with Gasteiger partial charge in [0.1, 0.15) is 5.82 Å². The van der Waals surface area contributed by atoms with Crippen molar-refractivity contribution < 1.29 is 24.2 Å². The number of rotatable bonds is 8. The van der Waals surface area contributed by atoms with E-state index < -0.39 is 33.8 Å². The molecule has 8 atom stereocenters. The molecule has 0 aromatic heterocycles. The summed E-state index contributed by atoms with van der Waals surface area (Å²) in [6.45, 7) is 4.93. The van der Waals surface area contributed by atoms with E-state index in [0.29, 0.717) is 43.5 Å². The fourth-order valence-corrected chi connectivity index (χ4v) is 12.7. The zero-order chi connectivity index (χ0) is 39.1. The third-order valence-electron chi connectivity index (χ3n) is 15.4. The summed E-state index contributed by atoms with van der Waals surface area (Å²) < 4.78 is 15.2. The van der Waals surface area contributed by atoms with Gasteiger partial charge in [-0.1, -0.05) is 110 Å². The molecule has 10 rings (SSSR count). The van der Waals surface area contributed by atoms with Crippen molar-refractivity contribution in [2.24, 2.45) is 33.5 Å². The average Bonchev–Trinajstić information content (AvgIpc) is 3.46. The first-order valence-corrected chi connectivity index (χ1v) is 20.6. The number of carbonyl (C=O) groups is 2. The van der Waals surface area contributed by atoms with Gasteiger partial charge in [-0.2, -0.15) is 0 Å². The predicted molar refractivity (Wildman–Crippen MR) is 218 cm³/mol. The van der Waals surface area contributed by atoms with Crippen LogP contribution in [-0.2, 0) is 17.8 Å². The number of carbonyl (C=O) groups excluding carboxylic acids is 2. The molecule has 2 bridgehead atoms. The summed E-state index contributed by atoms with van der Waals surface area (Å²) in [5.74, 6) is -0.703. The zero-order valence-electron chi connectivity index (χ0n) is 32.1. The predicted octanol–water partition coefficient (Wildman–Crippen LogP) is 10.1. The minimum atomic E-state index is -1.28. The van der Waals surface area contributed by atoms with Crippen LogP contribution in [0.1, 0.15) is 69.9 Å². The van der Waals surface area contributed by atoms with Crippen LogP contribution in [0.2, 0.25) is 5.02 Å². The van der Waals surface area contributed by atoms with Crippen LogP contribution in [0.15, 0.2) is 115 Å². The molecule has 2 amide bonds. The third-order valence-corrected chi connectivity index (χ3v) is 15.8. The van der Waals surface area contributed by atoms with Crippen molar-refractivity contribution in [1.82, 2.24) is 4.90 Å². The van der Waals surface area contributed by atoms with E-state index in [1.807, 2.05) is 54.6 Å². The van der Waals surface area contributed by atoms with E-state index in [2.05, 4.69) is 55.6 Å². The number of aliphatic hydroxyl groups is 2. The second-order valence-electron chi connectivity index (χ2n) is 17.9. The molecule has 0 radical (unpaired) electrons. The zero-order valence-corrected chi connectivity index (χ0v) is 32.9. The Morgan fingerprint density at radius 2 is 1.55 bits per heavy atom. The number of nitrogens with one attached hydrogen (secondary N) is 1. The number of urea groups is 1. The molecule has 290 valence electrons. The molecular weight excluding hydrogens is 723 g/mol. The maximum Gasteiger partial charge on any atom is 0.322 e. The van der Waals surface area contributed by atoms with Crippen molar-refractivity contribution in [2.75, 3.05) is 11.9 Å². The van der Waals surface area contributed by atoms with Crippen molar-refractivity contribution in [1.29, 1.82) is 0 Å². The van der Waals surface area contributed by atoms with Crippen molar-refractivity contribution >= 4 is 39.9 Å². The summed E-state index contributed by atoms with van der Waals surface area (Å²) in [5, 5.41) is 29.8. The lowest BCUT2D eigenvalue weighted by atomic mass is 9.32. The van der Waals surface area contributed by atoms with E-state index in [4.69, 9.17) is 11.6 Å². The summed E-state index contributed by atoms with van der Waals surface area (Å²) in [4.78, 5) is 31.0. The number of fused-ring (bicyclic) bond motifs is 2. The average molecular weight is 773 g/mol. The molecule has 6 nitrogen and oxygen atoms in total. The Kier molecular flexibility index (Phi) is 8.92. The molecule has 4 aromatic rings.